The number of carbonyl (C=O) groups is 1. The van der Waals surface area contributed by atoms with Crippen molar-refractivity contribution in [1.82, 2.24) is 5.32 Å². The summed E-state index contributed by atoms with van der Waals surface area (Å²) in [7, 11) is 0. The molecule has 0 radical (unpaired) electrons. The number of nitriles is 1. The molecule has 82 valence electrons. The van der Waals surface area contributed by atoms with Gasteiger partial charge in [0.05, 0.1) is 12.0 Å². The van der Waals surface area contributed by atoms with E-state index in [1.807, 2.05) is 30.3 Å². The molecule has 1 unspecified atom stereocenters. The van der Waals surface area contributed by atoms with Crippen LogP contribution in [0.4, 0.5) is 5.69 Å². The van der Waals surface area contributed by atoms with E-state index in [-0.39, 0.29) is 18.4 Å². The van der Waals surface area contributed by atoms with Crippen molar-refractivity contribution < 1.29 is 4.79 Å². The number of anilines is 1. The van der Waals surface area contributed by atoms with E-state index in [9.17, 15) is 4.79 Å². The van der Waals surface area contributed by atoms with Gasteiger partial charge in [-0.2, -0.15) is 5.26 Å². The lowest BCUT2D eigenvalue weighted by Gasteiger charge is -2.24. The molecule has 0 aliphatic carbocycles. The van der Waals surface area contributed by atoms with Gasteiger partial charge in [0.2, 0.25) is 5.91 Å². The second-order valence-corrected chi connectivity index (χ2v) is 3.82. The zero-order valence-electron chi connectivity index (χ0n) is 8.86. The van der Waals surface area contributed by atoms with Crippen molar-refractivity contribution in [1.29, 1.82) is 5.26 Å². The first-order valence-corrected chi connectivity index (χ1v) is 5.27. The van der Waals surface area contributed by atoms with Gasteiger partial charge in [0.25, 0.3) is 0 Å². The molecule has 4 nitrogen and oxygen atoms in total. The molecule has 1 amide bonds. The number of para-hydroxylation sites is 1. The Balaban J connectivity index is 2.03. The van der Waals surface area contributed by atoms with Crippen molar-refractivity contribution in [3.05, 3.63) is 29.8 Å². The van der Waals surface area contributed by atoms with Crippen molar-refractivity contribution in [2.75, 3.05) is 18.4 Å². The van der Waals surface area contributed by atoms with Crippen molar-refractivity contribution >= 4 is 11.6 Å². The molecule has 1 aliphatic heterocycles. The Labute approximate surface area is 94.3 Å². The van der Waals surface area contributed by atoms with E-state index in [1.54, 1.807) is 0 Å². The number of hydrogen-bond donors (Lipinski definition) is 2. The lowest BCUT2D eigenvalue weighted by molar-refractivity contribution is -0.124. The second kappa shape index (κ2) is 4.67. The van der Waals surface area contributed by atoms with Crippen LogP contribution in [0.2, 0.25) is 0 Å². The summed E-state index contributed by atoms with van der Waals surface area (Å²) in [6.07, 6.45) is 0.737. The highest BCUT2D eigenvalue weighted by atomic mass is 16.1. The molecule has 0 bridgehead atoms. The molecule has 2 N–H and O–H groups in total. The van der Waals surface area contributed by atoms with Gasteiger partial charge in [0, 0.05) is 12.2 Å². The molecule has 1 atom stereocenters. The minimum atomic E-state index is -0.0803. The van der Waals surface area contributed by atoms with Crippen LogP contribution in [-0.2, 0) is 11.2 Å². The van der Waals surface area contributed by atoms with Gasteiger partial charge < -0.3 is 10.6 Å². The Bertz CT molecular complexity index is 436. The number of benzene rings is 1. The molecule has 4 heteroatoms. The highest BCUT2D eigenvalue weighted by molar-refractivity contribution is 5.81. The smallest absolute Gasteiger partial charge is 0.226 e. The van der Waals surface area contributed by atoms with Gasteiger partial charge in [-0.25, -0.2) is 0 Å². The minimum Gasteiger partial charge on any atom is -0.384 e. The average molecular weight is 215 g/mol. The Hall–Kier alpha value is -2.02. The summed E-state index contributed by atoms with van der Waals surface area (Å²) in [4.78, 5) is 11.7. The van der Waals surface area contributed by atoms with Gasteiger partial charge in [-0.1, -0.05) is 18.2 Å². The van der Waals surface area contributed by atoms with Crippen LogP contribution >= 0.6 is 0 Å². The maximum absolute atomic E-state index is 11.7. The fourth-order valence-corrected chi connectivity index (χ4v) is 1.90. The van der Waals surface area contributed by atoms with Gasteiger partial charge >= 0.3 is 0 Å². The van der Waals surface area contributed by atoms with Crippen molar-refractivity contribution in [2.24, 2.45) is 5.92 Å². The predicted molar refractivity (Wildman–Crippen MR) is 60.7 cm³/mol. The maximum Gasteiger partial charge on any atom is 0.226 e. The molecular formula is C12H13N3O. The molecule has 1 heterocycles. The Kier molecular flexibility index (Phi) is 3.06. The first kappa shape index (κ1) is 10.5. The monoisotopic (exact) mass is 215 g/mol. The topological polar surface area (TPSA) is 64.9 Å². The van der Waals surface area contributed by atoms with Crippen LogP contribution in [0, 0.1) is 17.2 Å². The molecular weight excluding hydrogens is 202 g/mol. The summed E-state index contributed by atoms with van der Waals surface area (Å²) < 4.78 is 0. The molecule has 0 fully saturated rings. The normalized spacial score (nSPS) is 17.8. The van der Waals surface area contributed by atoms with Crippen LogP contribution in [0.25, 0.3) is 0 Å². The van der Waals surface area contributed by atoms with E-state index in [2.05, 4.69) is 10.6 Å². The summed E-state index contributed by atoms with van der Waals surface area (Å²) in [5.74, 6) is -0.133. The molecule has 1 aromatic carbocycles. The average Bonchev–Trinajstić information content (AvgIpc) is 2.35. The molecule has 0 saturated carbocycles. The number of hydrogen-bond acceptors (Lipinski definition) is 3. The third kappa shape index (κ3) is 2.14. The van der Waals surface area contributed by atoms with E-state index in [0.717, 1.165) is 17.7 Å². The number of rotatable bonds is 2. The van der Waals surface area contributed by atoms with Crippen LogP contribution in [0.5, 0.6) is 0 Å². The minimum absolute atomic E-state index is 0.0523. The Morgan fingerprint density at radius 1 is 1.56 bits per heavy atom. The molecule has 16 heavy (non-hydrogen) atoms. The van der Waals surface area contributed by atoms with Gasteiger partial charge in [-0.15, -0.1) is 0 Å². The van der Waals surface area contributed by atoms with Crippen LogP contribution in [0.1, 0.15) is 5.56 Å². The zero-order valence-corrected chi connectivity index (χ0v) is 8.86. The van der Waals surface area contributed by atoms with Crippen LogP contribution in [-0.4, -0.2) is 19.0 Å². The summed E-state index contributed by atoms with van der Waals surface area (Å²) in [5.41, 5.74) is 2.26. The number of carbonyl (C=O) groups excluding carboxylic acids is 1. The third-order valence-electron chi connectivity index (χ3n) is 2.74. The molecule has 2 rings (SSSR count). The van der Waals surface area contributed by atoms with E-state index >= 15 is 0 Å². The quantitative estimate of drug-likeness (QED) is 0.721. The molecule has 0 saturated heterocycles. The maximum atomic E-state index is 11.7. The summed E-state index contributed by atoms with van der Waals surface area (Å²) in [6, 6.07) is 9.88. The Morgan fingerprint density at radius 2 is 2.38 bits per heavy atom. The number of amides is 1. The first-order valence-electron chi connectivity index (χ1n) is 5.27. The van der Waals surface area contributed by atoms with Gasteiger partial charge in [0.1, 0.15) is 6.54 Å². The standard InChI is InChI=1S/C12H13N3O/c13-5-6-14-12(16)10-7-9-3-1-2-4-11(9)15-8-10/h1-4,10,15H,6-8H2,(H,14,16). The number of nitrogens with zero attached hydrogens (tertiary/aromatic N) is 1. The molecule has 1 aliphatic rings. The predicted octanol–water partition coefficient (Wildman–Crippen LogP) is 0.911. The van der Waals surface area contributed by atoms with Gasteiger partial charge in [-0.3, -0.25) is 4.79 Å². The molecule has 1 aromatic rings. The fraction of sp³-hybridized carbons (Fsp3) is 0.333. The Morgan fingerprint density at radius 3 is 3.19 bits per heavy atom. The summed E-state index contributed by atoms with van der Waals surface area (Å²) in [5, 5.41) is 14.2. The lowest BCUT2D eigenvalue weighted by Crippen LogP contribution is -2.38. The van der Waals surface area contributed by atoms with Gasteiger partial charge in [0.15, 0.2) is 0 Å². The highest BCUT2D eigenvalue weighted by Gasteiger charge is 2.23. The number of nitrogens with one attached hydrogen (secondary N) is 2. The molecule has 0 spiro atoms. The SMILES string of the molecule is N#CCNC(=O)C1CNc2ccccc2C1. The van der Waals surface area contributed by atoms with Crippen LogP contribution in [0.3, 0.4) is 0 Å². The van der Waals surface area contributed by atoms with Crippen molar-refractivity contribution in [3.8, 4) is 6.07 Å². The van der Waals surface area contributed by atoms with E-state index in [4.69, 9.17) is 5.26 Å². The van der Waals surface area contributed by atoms with E-state index in [0.29, 0.717) is 6.54 Å². The summed E-state index contributed by atoms with van der Waals surface area (Å²) in [6.45, 7) is 0.714. The fourth-order valence-electron chi connectivity index (χ4n) is 1.90. The molecule has 0 aromatic heterocycles. The summed E-state index contributed by atoms with van der Waals surface area (Å²) >= 11 is 0. The largest absolute Gasteiger partial charge is 0.384 e. The van der Waals surface area contributed by atoms with Crippen LogP contribution in [0.15, 0.2) is 24.3 Å². The van der Waals surface area contributed by atoms with Crippen molar-refractivity contribution in [2.45, 2.75) is 6.42 Å². The second-order valence-electron chi connectivity index (χ2n) is 3.82. The lowest BCUT2D eigenvalue weighted by atomic mass is 9.93. The van der Waals surface area contributed by atoms with Gasteiger partial charge in [-0.05, 0) is 18.1 Å². The van der Waals surface area contributed by atoms with E-state index in [1.165, 1.54) is 0 Å². The highest BCUT2D eigenvalue weighted by Crippen LogP contribution is 2.24. The first-order chi connectivity index (χ1) is 7.81. The zero-order chi connectivity index (χ0) is 11.4. The van der Waals surface area contributed by atoms with Crippen LogP contribution < -0.4 is 10.6 Å². The third-order valence-corrected chi connectivity index (χ3v) is 2.74. The van der Waals surface area contributed by atoms with Crippen molar-refractivity contribution in [3.63, 3.8) is 0 Å². The number of fused-ring (bicyclic) bond motifs is 1. The van der Waals surface area contributed by atoms with E-state index < -0.39 is 0 Å².